The number of benzene rings is 1. The number of tetrazole rings is 1. The van der Waals surface area contributed by atoms with Crippen LogP contribution in [0.3, 0.4) is 0 Å². The quantitative estimate of drug-likeness (QED) is 0.868. The molecular weight excluding hydrogens is 304 g/mol. The van der Waals surface area contributed by atoms with E-state index in [1.54, 1.807) is 4.68 Å². The van der Waals surface area contributed by atoms with Crippen LogP contribution in [0.1, 0.15) is 29.8 Å². The number of aromatic nitrogens is 4. The lowest BCUT2D eigenvalue weighted by atomic mass is 10.1. The van der Waals surface area contributed by atoms with Crippen molar-refractivity contribution >= 4 is 5.91 Å². The van der Waals surface area contributed by atoms with Gasteiger partial charge < -0.3 is 5.32 Å². The van der Waals surface area contributed by atoms with E-state index >= 15 is 0 Å². The summed E-state index contributed by atoms with van der Waals surface area (Å²) in [4.78, 5) is 14.7. The molecule has 1 aromatic heterocycles. The number of hydrogen-bond acceptors (Lipinski definition) is 5. The maximum Gasteiger partial charge on any atom is 0.242 e. The number of likely N-dealkylation sites (tertiary alicyclic amines) is 1. The summed E-state index contributed by atoms with van der Waals surface area (Å²) in [6.45, 7) is 3.07. The Kier molecular flexibility index (Phi) is 4.25. The summed E-state index contributed by atoms with van der Waals surface area (Å²) < 4.78 is 1.62. The minimum atomic E-state index is -0.0252. The first-order valence-electron chi connectivity index (χ1n) is 8.61. The van der Waals surface area contributed by atoms with Gasteiger partial charge in [-0.05, 0) is 60.3 Å². The number of rotatable bonds is 5. The average molecular weight is 326 g/mol. The first-order valence-corrected chi connectivity index (χ1v) is 8.61. The molecule has 4 rings (SSSR count). The van der Waals surface area contributed by atoms with Crippen LogP contribution in [-0.2, 0) is 30.7 Å². The highest BCUT2D eigenvalue weighted by Gasteiger charge is 2.23. The second-order valence-electron chi connectivity index (χ2n) is 6.68. The van der Waals surface area contributed by atoms with E-state index in [4.69, 9.17) is 0 Å². The lowest BCUT2D eigenvalue weighted by Gasteiger charge is -2.15. The molecule has 24 heavy (non-hydrogen) atoms. The summed E-state index contributed by atoms with van der Waals surface area (Å²) in [6.07, 6.45) is 4.25. The zero-order chi connectivity index (χ0) is 16.4. The van der Waals surface area contributed by atoms with Crippen LogP contribution in [0.25, 0.3) is 0 Å². The SMILES string of the molecule is O=C(Cn1nnnc1CN1CCCC1)NC1Cc2ccccc2C1. The monoisotopic (exact) mass is 326 g/mol. The second kappa shape index (κ2) is 6.68. The highest BCUT2D eigenvalue weighted by Crippen LogP contribution is 2.21. The average Bonchev–Trinajstić information content (AvgIpc) is 3.29. The van der Waals surface area contributed by atoms with E-state index in [2.05, 4.69) is 50.0 Å². The Morgan fingerprint density at radius 3 is 2.58 bits per heavy atom. The largest absolute Gasteiger partial charge is 0.351 e. The van der Waals surface area contributed by atoms with E-state index in [1.165, 1.54) is 24.0 Å². The predicted molar refractivity (Wildman–Crippen MR) is 88.1 cm³/mol. The van der Waals surface area contributed by atoms with Gasteiger partial charge in [0.2, 0.25) is 5.91 Å². The molecule has 2 aliphatic rings. The fourth-order valence-electron chi connectivity index (χ4n) is 3.67. The van der Waals surface area contributed by atoms with Crippen LogP contribution in [0.15, 0.2) is 24.3 Å². The van der Waals surface area contributed by atoms with E-state index in [9.17, 15) is 4.79 Å². The van der Waals surface area contributed by atoms with Crippen LogP contribution in [0.4, 0.5) is 0 Å². The molecule has 1 N–H and O–H groups in total. The molecule has 0 atom stereocenters. The third-order valence-electron chi connectivity index (χ3n) is 4.88. The lowest BCUT2D eigenvalue weighted by Crippen LogP contribution is -2.38. The molecule has 0 spiro atoms. The van der Waals surface area contributed by atoms with Crippen molar-refractivity contribution in [1.29, 1.82) is 0 Å². The van der Waals surface area contributed by atoms with Gasteiger partial charge in [-0.15, -0.1) is 5.10 Å². The molecule has 0 unspecified atom stereocenters. The molecule has 126 valence electrons. The zero-order valence-corrected chi connectivity index (χ0v) is 13.7. The molecule has 2 aromatic rings. The van der Waals surface area contributed by atoms with E-state index in [1.807, 2.05) is 0 Å². The molecule has 1 aliphatic heterocycles. The minimum absolute atomic E-state index is 0.0252. The fourth-order valence-corrected chi connectivity index (χ4v) is 3.67. The summed E-state index contributed by atoms with van der Waals surface area (Å²) >= 11 is 0. The first kappa shape index (κ1) is 15.3. The van der Waals surface area contributed by atoms with Crippen molar-refractivity contribution in [2.75, 3.05) is 13.1 Å². The Morgan fingerprint density at radius 1 is 1.17 bits per heavy atom. The predicted octanol–water partition coefficient (Wildman–Crippen LogP) is 0.553. The number of hydrogen-bond donors (Lipinski definition) is 1. The summed E-state index contributed by atoms with van der Waals surface area (Å²) in [7, 11) is 0. The van der Waals surface area contributed by atoms with Crippen molar-refractivity contribution in [3.63, 3.8) is 0 Å². The highest BCUT2D eigenvalue weighted by atomic mass is 16.2. The maximum atomic E-state index is 12.4. The summed E-state index contributed by atoms with van der Waals surface area (Å²) in [6, 6.07) is 8.55. The van der Waals surface area contributed by atoms with Crippen molar-refractivity contribution in [1.82, 2.24) is 30.4 Å². The molecule has 0 radical (unpaired) electrons. The molecule has 0 bridgehead atoms. The summed E-state index contributed by atoms with van der Waals surface area (Å²) in [5.74, 6) is 0.740. The maximum absolute atomic E-state index is 12.4. The van der Waals surface area contributed by atoms with Gasteiger partial charge in [-0.1, -0.05) is 24.3 Å². The minimum Gasteiger partial charge on any atom is -0.351 e. The van der Waals surface area contributed by atoms with Crippen molar-refractivity contribution in [3.8, 4) is 0 Å². The molecule has 2 heterocycles. The second-order valence-corrected chi connectivity index (χ2v) is 6.68. The van der Waals surface area contributed by atoms with E-state index in [0.29, 0.717) is 0 Å². The zero-order valence-electron chi connectivity index (χ0n) is 13.7. The van der Waals surface area contributed by atoms with Gasteiger partial charge in [0.25, 0.3) is 0 Å². The Balaban J connectivity index is 1.33. The molecule has 1 saturated heterocycles. The van der Waals surface area contributed by atoms with Crippen LogP contribution in [0.5, 0.6) is 0 Å². The first-order chi connectivity index (χ1) is 11.8. The molecule has 1 aromatic carbocycles. The normalized spacial score (nSPS) is 18.0. The smallest absolute Gasteiger partial charge is 0.242 e. The fraction of sp³-hybridized carbons (Fsp3) is 0.529. The topological polar surface area (TPSA) is 75.9 Å². The Morgan fingerprint density at radius 2 is 1.88 bits per heavy atom. The van der Waals surface area contributed by atoms with Crippen LogP contribution in [-0.4, -0.2) is 50.1 Å². The van der Waals surface area contributed by atoms with Gasteiger partial charge in [0.1, 0.15) is 6.54 Å². The van der Waals surface area contributed by atoms with Gasteiger partial charge in [-0.25, -0.2) is 4.68 Å². The standard InChI is InChI=1S/C17H22N6O/c24-17(18-15-9-13-5-1-2-6-14(13)10-15)12-23-16(19-20-21-23)11-22-7-3-4-8-22/h1-2,5-6,15H,3-4,7-12H2,(H,18,24). The van der Waals surface area contributed by atoms with Crippen LogP contribution >= 0.6 is 0 Å². The van der Waals surface area contributed by atoms with Gasteiger partial charge >= 0.3 is 0 Å². The lowest BCUT2D eigenvalue weighted by molar-refractivity contribution is -0.122. The highest BCUT2D eigenvalue weighted by molar-refractivity contribution is 5.76. The van der Waals surface area contributed by atoms with Gasteiger partial charge in [0.05, 0.1) is 6.54 Å². The van der Waals surface area contributed by atoms with Crippen molar-refractivity contribution in [2.24, 2.45) is 0 Å². The number of carbonyl (C=O) groups excluding carboxylic acids is 1. The Labute approximate surface area is 141 Å². The Bertz CT molecular complexity index is 696. The van der Waals surface area contributed by atoms with Crippen LogP contribution in [0, 0.1) is 0 Å². The molecule has 1 fully saturated rings. The molecule has 1 aliphatic carbocycles. The van der Waals surface area contributed by atoms with E-state index in [-0.39, 0.29) is 18.5 Å². The molecule has 7 nitrogen and oxygen atoms in total. The van der Waals surface area contributed by atoms with Crippen molar-refractivity contribution in [3.05, 3.63) is 41.2 Å². The van der Waals surface area contributed by atoms with Gasteiger partial charge in [0.15, 0.2) is 5.82 Å². The Hall–Kier alpha value is -2.28. The number of fused-ring (bicyclic) bond motifs is 1. The van der Waals surface area contributed by atoms with Gasteiger partial charge in [-0.2, -0.15) is 0 Å². The number of carbonyl (C=O) groups is 1. The summed E-state index contributed by atoms with van der Waals surface area (Å²) in [5, 5.41) is 14.9. The number of amides is 1. The number of nitrogens with zero attached hydrogens (tertiary/aromatic N) is 5. The van der Waals surface area contributed by atoms with Crippen LogP contribution in [0.2, 0.25) is 0 Å². The third kappa shape index (κ3) is 3.31. The van der Waals surface area contributed by atoms with Crippen molar-refractivity contribution in [2.45, 2.75) is 44.8 Å². The summed E-state index contributed by atoms with van der Waals surface area (Å²) in [5.41, 5.74) is 2.67. The third-order valence-corrected chi connectivity index (χ3v) is 4.88. The molecule has 1 amide bonds. The van der Waals surface area contributed by atoms with Gasteiger partial charge in [0, 0.05) is 6.04 Å². The van der Waals surface area contributed by atoms with E-state index in [0.717, 1.165) is 38.3 Å². The molecule has 0 saturated carbocycles. The van der Waals surface area contributed by atoms with E-state index < -0.39 is 0 Å². The molecular formula is C17H22N6O. The molecule has 7 heteroatoms. The van der Waals surface area contributed by atoms with Crippen LogP contribution < -0.4 is 5.32 Å². The van der Waals surface area contributed by atoms with Crippen molar-refractivity contribution < 1.29 is 4.79 Å². The number of nitrogens with one attached hydrogen (secondary N) is 1. The van der Waals surface area contributed by atoms with Gasteiger partial charge in [-0.3, -0.25) is 9.69 Å².